The van der Waals surface area contributed by atoms with Gasteiger partial charge in [-0.3, -0.25) is 4.79 Å². The SMILES string of the molecule is C=CCOc1ccc2c(c1)[C@H]1[C@H](CCCCO)[C@@H](CCCCO)C=C3C(=NOC(C)(C)C)C[C@H](N(CCOCCO)C(=O)CCCCCCCCCCC)[C@@](OCC=C)(O2)[C@H]31. The van der Waals surface area contributed by atoms with Crippen LogP contribution in [0.1, 0.15) is 148 Å². The lowest BCUT2D eigenvalue weighted by atomic mass is 9.55. The van der Waals surface area contributed by atoms with Crippen LogP contribution in [0.2, 0.25) is 0 Å². The van der Waals surface area contributed by atoms with E-state index in [1.165, 1.54) is 38.5 Å². The van der Waals surface area contributed by atoms with Gasteiger partial charge in [0.15, 0.2) is 0 Å². The number of carbonyl (C=O) groups excluding carboxylic acids is 1. The highest BCUT2D eigenvalue weighted by molar-refractivity contribution is 6.03. The highest BCUT2D eigenvalue weighted by Gasteiger charge is 2.65. The summed E-state index contributed by atoms with van der Waals surface area (Å²) in [5, 5.41) is 34.4. The first-order valence-electron chi connectivity index (χ1n) is 23.6. The molecular weight excluding hydrogens is 773 g/mol. The van der Waals surface area contributed by atoms with Gasteiger partial charge in [-0.25, -0.2) is 0 Å². The molecule has 61 heavy (non-hydrogen) atoms. The fraction of sp³-hybridized carbons (Fsp3) is 0.720. The Balaban J connectivity index is 1.91. The molecule has 3 aliphatic rings. The average molecular weight is 853 g/mol. The molecule has 0 radical (unpaired) electrons. The number of carbonyl (C=O) groups is 1. The molecule has 6 atom stereocenters. The number of nitrogens with zero attached hydrogens (tertiary/aromatic N) is 2. The van der Waals surface area contributed by atoms with E-state index < -0.39 is 23.3 Å². The fourth-order valence-corrected chi connectivity index (χ4v) is 9.60. The minimum absolute atomic E-state index is 0.00180. The van der Waals surface area contributed by atoms with Gasteiger partial charge in [-0.05, 0) is 88.5 Å². The lowest BCUT2D eigenvalue weighted by Gasteiger charge is -2.60. The Kier molecular flexibility index (Phi) is 21.8. The smallest absolute Gasteiger partial charge is 0.239 e. The lowest BCUT2D eigenvalue weighted by Crippen LogP contribution is -2.70. The molecule has 3 N–H and O–H groups in total. The van der Waals surface area contributed by atoms with E-state index in [9.17, 15) is 20.1 Å². The molecule has 11 heteroatoms. The zero-order valence-electron chi connectivity index (χ0n) is 38.1. The summed E-state index contributed by atoms with van der Waals surface area (Å²) in [6.45, 7) is 17.4. The van der Waals surface area contributed by atoms with Crippen LogP contribution in [-0.4, -0.2) is 102 Å². The van der Waals surface area contributed by atoms with Gasteiger partial charge < -0.3 is 44.0 Å². The second-order valence-electron chi connectivity index (χ2n) is 18.1. The summed E-state index contributed by atoms with van der Waals surface area (Å²) in [6.07, 6.45) is 21.6. The van der Waals surface area contributed by atoms with E-state index >= 15 is 0 Å². The van der Waals surface area contributed by atoms with Crippen LogP contribution in [0.25, 0.3) is 0 Å². The third-order valence-corrected chi connectivity index (χ3v) is 12.3. The van der Waals surface area contributed by atoms with Crippen molar-refractivity contribution >= 4 is 11.6 Å². The molecule has 1 aliphatic heterocycles. The molecule has 0 aromatic heterocycles. The maximum absolute atomic E-state index is 14.8. The predicted molar refractivity (Wildman–Crippen MR) is 243 cm³/mol. The third-order valence-electron chi connectivity index (χ3n) is 12.3. The lowest BCUT2D eigenvalue weighted by molar-refractivity contribution is -0.258. The van der Waals surface area contributed by atoms with Crippen LogP contribution in [0.15, 0.2) is 60.3 Å². The summed E-state index contributed by atoms with van der Waals surface area (Å²) in [6, 6.07) is 5.35. The first-order valence-corrected chi connectivity index (χ1v) is 23.6. The van der Waals surface area contributed by atoms with E-state index in [0.717, 1.165) is 61.8 Å². The van der Waals surface area contributed by atoms with Gasteiger partial charge in [-0.15, -0.1) is 6.58 Å². The number of hydrogen-bond acceptors (Lipinski definition) is 10. The Bertz CT molecular complexity index is 1540. The minimum Gasteiger partial charge on any atom is -0.490 e. The number of unbranched alkanes of at least 4 members (excludes halogenated alkanes) is 10. The molecule has 2 aliphatic carbocycles. The van der Waals surface area contributed by atoms with Crippen molar-refractivity contribution in [3.63, 3.8) is 0 Å². The van der Waals surface area contributed by atoms with Crippen LogP contribution in [0.3, 0.4) is 0 Å². The summed E-state index contributed by atoms with van der Waals surface area (Å²) in [7, 11) is 0. The van der Waals surface area contributed by atoms with Crippen LogP contribution in [0.5, 0.6) is 11.5 Å². The molecule has 11 nitrogen and oxygen atoms in total. The van der Waals surface area contributed by atoms with Crippen LogP contribution < -0.4 is 9.47 Å². The Morgan fingerprint density at radius 3 is 2.25 bits per heavy atom. The van der Waals surface area contributed by atoms with E-state index in [0.29, 0.717) is 43.8 Å². The number of hydrogen-bond donors (Lipinski definition) is 3. The van der Waals surface area contributed by atoms with E-state index in [2.05, 4.69) is 32.2 Å². The standard InChI is InChI=1S/C50H80N2O9/c1-7-10-11-12-13-14-15-16-17-24-46(56)52(27-33-57-34-30-55)45-37-43(51-61-49(4,5)6)41-35-38(22-18-20-28-53)40(23-19-21-29-54)47-42-36-39(58-31-8-2)25-26-44(42)60-50(45,48(41)47)59-32-9-3/h8-9,25-26,35-36,38,40,45,47-48,53-55H,2-3,7,10-24,27-34,37H2,1,4-6H3/t38-,40+,45-,47+,48+,50+/m0/s1. The monoisotopic (exact) mass is 853 g/mol. The highest BCUT2D eigenvalue weighted by atomic mass is 16.7. The number of benzene rings is 1. The summed E-state index contributed by atoms with van der Waals surface area (Å²) >= 11 is 0. The highest BCUT2D eigenvalue weighted by Crippen LogP contribution is 2.62. The molecule has 1 fully saturated rings. The maximum Gasteiger partial charge on any atom is 0.239 e. The van der Waals surface area contributed by atoms with E-state index in [-0.39, 0.29) is 69.8 Å². The van der Waals surface area contributed by atoms with Crippen LogP contribution in [0, 0.1) is 17.8 Å². The second-order valence-corrected chi connectivity index (χ2v) is 18.1. The quantitative estimate of drug-likeness (QED) is 0.0379. The average Bonchev–Trinajstić information content (AvgIpc) is 3.24. The van der Waals surface area contributed by atoms with Gasteiger partial charge in [-0.1, -0.05) is 101 Å². The molecule has 0 spiro atoms. The molecule has 344 valence electrons. The Hall–Kier alpha value is -3.22. The summed E-state index contributed by atoms with van der Waals surface area (Å²) < 4.78 is 26.5. The topological polar surface area (TPSA) is 140 Å². The maximum atomic E-state index is 14.8. The number of rotatable bonds is 31. The van der Waals surface area contributed by atoms with Crippen molar-refractivity contribution < 1.29 is 43.9 Å². The van der Waals surface area contributed by atoms with E-state index in [1.807, 2.05) is 37.8 Å². The van der Waals surface area contributed by atoms with Crippen LogP contribution in [-0.2, 0) is 19.1 Å². The number of fused-ring (bicyclic) bond motifs is 2. The molecule has 0 bridgehead atoms. The van der Waals surface area contributed by atoms with Crippen molar-refractivity contribution in [3.8, 4) is 11.5 Å². The minimum atomic E-state index is -1.35. The molecule has 1 aromatic carbocycles. The Morgan fingerprint density at radius 2 is 1.59 bits per heavy atom. The van der Waals surface area contributed by atoms with Crippen molar-refractivity contribution in [1.82, 2.24) is 4.90 Å². The van der Waals surface area contributed by atoms with Crippen molar-refractivity contribution in [1.29, 1.82) is 0 Å². The third kappa shape index (κ3) is 14.4. The largest absolute Gasteiger partial charge is 0.490 e. The molecule has 1 saturated carbocycles. The molecule has 0 unspecified atom stereocenters. The molecule has 1 aromatic rings. The zero-order chi connectivity index (χ0) is 44.1. The van der Waals surface area contributed by atoms with Gasteiger partial charge in [0.1, 0.15) is 29.7 Å². The van der Waals surface area contributed by atoms with Crippen molar-refractivity contribution in [2.45, 2.75) is 160 Å². The normalized spacial score (nSPS) is 23.7. The number of ether oxygens (including phenoxy) is 4. The molecule has 1 heterocycles. The molecule has 4 rings (SSSR count). The Morgan fingerprint density at radius 1 is 0.902 bits per heavy atom. The first-order chi connectivity index (χ1) is 29.6. The summed E-state index contributed by atoms with van der Waals surface area (Å²) in [4.78, 5) is 23.0. The van der Waals surface area contributed by atoms with Crippen LogP contribution in [0.4, 0.5) is 0 Å². The van der Waals surface area contributed by atoms with Gasteiger partial charge in [0.05, 0.1) is 38.1 Å². The van der Waals surface area contributed by atoms with Gasteiger partial charge in [0.2, 0.25) is 11.7 Å². The number of allylic oxidation sites excluding steroid dienone is 1. The predicted octanol–water partition coefficient (Wildman–Crippen LogP) is 9.44. The molecular formula is C50H80N2O9. The number of oxime groups is 1. The Labute approximate surface area is 367 Å². The number of aliphatic hydroxyl groups is 3. The first kappa shape index (κ1) is 50.4. The van der Waals surface area contributed by atoms with Gasteiger partial charge in [-0.2, -0.15) is 0 Å². The van der Waals surface area contributed by atoms with Crippen LogP contribution >= 0.6 is 0 Å². The van der Waals surface area contributed by atoms with Crippen molar-refractivity contribution in [3.05, 3.63) is 60.7 Å². The van der Waals surface area contributed by atoms with Gasteiger partial charge in [0, 0.05) is 44.1 Å². The van der Waals surface area contributed by atoms with Gasteiger partial charge >= 0.3 is 0 Å². The van der Waals surface area contributed by atoms with E-state index in [1.54, 1.807) is 12.2 Å². The molecule has 0 saturated heterocycles. The van der Waals surface area contributed by atoms with Crippen molar-refractivity contribution in [2.24, 2.45) is 22.9 Å². The van der Waals surface area contributed by atoms with Crippen molar-refractivity contribution in [2.75, 3.05) is 52.8 Å². The number of amides is 1. The van der Waals surface area contributed by atoms with Gasteiger partial charge in [0.25, 0.3) is 0 Å². The zero-order valence-corrected chi connectivity index (χ0v) is 38.1. The summed E-state index contributed by atoms with van der Waals surface area (Å²) in [5.41, 5.74) is 2.19. The van der Waals surface area contributed by atoms with E-state index in [4.69, 9.17) is 28.9 Å². The second kappa shape index (κ2) is 26.4. The molecule has 1 amide bonds. The fourth-order valence-electron chi connectivity index (χ4n) is 9.60. The summed E-state index contributed by atoms with van der Waals surface area (Å²) in [5.74, 6) is -0.301. The number of aliphatic hydroxyl groups excluding tert-OH is 3.